The second-order valence-electron chi connectivity index (χ2n) is 5.66. The number of methoxy groups -OCH3 is 1. The first-order valence-electron chi connectivity index (χ1n) is 7.94. The summed E-state index contributed by atoms with van der Waals surface area (Å²) in [6.07, 6.45) is 0. The van der Waals surface area contributed by atoms with Crippen LogP contribution in [0.1, 0.15) is 17.3 Å². The number of hydrogen-bond acceptors (Lipinski definition) is 8. The van der Waals surface area contributed by atoms with Crippen molar-refractivity contribution in [3.05, 3.63) is 47.6 Å². The van der Waals surface area contributed by atoms with Crippen LogP contribution >= 0.6 is 11.8 Å². The molecule has 26 heavy (non-hydrogen) atoms. The van der Waals surface area contributed by atoms with Crippen molar-refractivity contribution in [1.29, 1.82) is 0 Å². The summed E-state index contributed by atoms with van der Waals surface area (Å²) in [5, 5.41) is 13.1. The average Bonchev–Trinajstić information content (AvgIpc) is 3.26. The largest absolute Gasteiger partial charge is 0.496 e. The molecule has 0 N–H and O–H groups in total. The van der Waals surface area contributed by atoms with E-state index in [1.54, 1.807) is 7.11 Å². The predicted octanol–water partition coefficient (Wildman–Crippen LogP) is 3.09. The molecule has 0 atom stereocenters. The van der Waals surface area contributed by atoms with E-state index in [9.17, 15) is 0 Å². The van der Waals surface area contributed by atoms with E-state index in [1.165, 1.54) is 11.8 Å². The summed E-state index contributed by atoms with van der Waals surface area (Å²) in [6.45, 7) is 3.94. The second kappa shape index (κ2) is 6.75. The minimum Gasteiger partial charge on any atom is -0.496 e. The van der Waals surface area contributed by atoms with Crippen molar-refractivity contribution in [2.75, 3.05) is 7.11 Å². The topological polar surface area (TPSA) is 91.2 Å². The zero-order valence-electron chi connectivity index (χ0n) is 14.5. The summed E-state index contributed by atoms with van der Waals surface area (Å²) in [5.74, 6) is 2.78. The van der Waals surface area contributed by atoms with E-state index in [2.05, 4.69) is 25.3 Å². The van der Waals surface area contributed by atoms with Gasteiger partial charge in [0.25, 0.3) is 5.78 Å². The smallest absolute Gasteiger partial charge is 0.256 e. The fraction of sp³-hybridized carbons (Fsp3) is 0.235. The standard InChI is InChI=1S/C17H16N6O2S/c1-10-8-11(2)23-16(18-10)20-21-17(23)26-9-14-19-15(22-25-14)12-6-4-5-7-13(12)24-3/h4-8H,9H2,1-3H3. The number of ether oxygens (including phenoxy) is 1. The normalized spacial score (nSPS) is 11.2. The van der Waals surface area contributed by atoms with Gasteiger partial charge in [0.1, 0.15) is 5.75 Å². The zero-order chi connectivity index (χ0) is 18.1. The summed E-state index contributed by atoms with van der Waals surface area (Å²) >= 11 is 1.47. The molecule has 0 radical (unpaired) electrons. The quantitative estimate of drug-likeness (QED) is 0.496. The molecule has 0 saturated carbocycles. The molecular formula is C17H16N6O2S. The fourth-order valence-electron chi connectivity index (χ4n) is 2.67. The molecule has 3 aromatic heterocycles. The first kappa shape index (κ1) is 16.5. The van der Waals surface area contributed by atoms with Gasteiger partial charge < -0.3 is 9.26 Å². The van der Waals surface area contributed by atoms with Crippen LogP contribution in [0.4, 0.5) is 0 Å². The highest BCUT2D eigenvalue weighted by Gasteiger charge is 2.15. The number of aromatic nitrogens is 6. The lowest BCUT2D eigenvalue weighted by Gasteiger charge is -2.03. The van der Waals surface area contributed by atoms with Gasteiger partial charge in [-0.05, 0) is 32.0 Å². The van der Waals surface area contributed by atoms with Gasteiger partial charge in [-0.2, -0.15) is 4.98 Å². The summed E-state index contributed by atoms with van der Waals surface area (Å²) in [4.78, 5) is 8.84. The van der Waals surface area contributed by atoms with Crippen molar-refractivity contribution in [3.63, 3.8) is 0 Å². The Bertz CT molecular complexity index is 1070. The molecule has 132 valence electrons. The average molecular weight is 368 g/mol. The van der Waals surface area contributed by atoms with E-state index in [4.69, 9.17) is 9.26 Å². The Morgan fingerprint density at radius 2 is 2.00 bits per heavy atom. The molecule has 0 aliphatic carbocycles. The predicted molar refractivity (Wildman–Crippen MR) is 96.1 cm³/mol. The summed E-state index contributed by atoms with van der Waals surface area (Å²) < 4.78 is 12.6. The molecule has 3 heterocycles. The lowest BCUT2D eigenvalue weighted by molar-refractivity contribution is 0.390. The molecule has 4 aromatic rings. The Kier molecular flexibility index (Phi) is 4.29. The van der Waals surface area contributed by atoms with E-state index in [0.29, 0.717) is 29.0 Å². The molecule has 0 fully saturated rings. The van der Waals surface area contributed by atoms with Crippen molar-refractivity contribution in [2.45, 2.75) is 24.8 Å². The highest BCUT2D eigenvalue weighted by molar-refractivity contribution is 7.98. The van der Waals surface area contributed by atoms with Gasteiger partial charge in [-0.15, -0.1) is 10.2 Å². The van der Waals surface area contributed by atoms with Crippen molar-refractivity contribution in [2.24, 2.45) is 0 Å². The monoisotopic (exact) mass is 368 g/mol. The number of thioether (sulfide) groups is 1. The molecule has 8 nitrogen and oxygen atoms in total. The maximum Gasteiger partial charge on any atom is 0.256 e. The number of para-hydroxylation sites is 1. The maximum atomic E-state index is 5.37. The molecule has 4 rings (SSSR count). The SMILES string of the molecule is COc1ccccc1-c1noc(CSc2nnc3nc(C)cc(C)n23)n1. The van der Waals surface area contributed by atoms with E-state index in [-0.39, 0.29) is 0 Å². The first-order chi connectivity index (χ1) is 12.7. The van der Waals surface area contributed by atoms with Crippen LogP contribution in [0.15, 0.2) is 40.0 Å². The Hall–Kier alpha value is -2.94. The van der Waals surface area contributed by atoms with Crippen LogP contribution in [0.3, 0.4) is 0 Å². The van der Waals surface area contributed by atoms with Gasteiger partial charge in [0.15, 0.2) is 5.16 Å². The van der Waals surface area contributed by atoms with Crippen molar-refractivity contribution < 1.29 is 9.26 Å². The number of benzene rings is 1. The Morgan fingerprint density at radius 3 is 2.85 bits per heavy atom. The van der Waals surface area contributed by atoms with Gasteiger partial charge in [0.05, 0.1) is 18.4 Å². The molecule has 0 aliphatic heterocycles. The molecule has 0 bridgehead atoms. The number of nitrogens with zero attached hydrogens (tertiary/aromatic N) is 6. The summed E-state index contributed by atoms with van der Waals surface area (Å²) in [6, 6.07) is 9.55. The van der Waals surface area contributed by atoms with Crippen molar-refractivity contribution in [3.8, 4) is 17.1 Å². The van der Waals surface area contributed by atoms with E-state index >= 15 is 0 Å². The molecule has 0 aliphatic rings. The molecule has 0 spiro atoms. The van der Waals surface area contributed by atoms with Gasteiger partial charge in [-0.25, -0.2) is 4.98 Å². The molecule has 0 unspecified atom stereocenters. The van der Waals surface area contributed by atoms with Crippen LogP contribution in [0.2, 0.25) is 0 Å². The minimum atomic E-state index is 0.482. The Morgan fingerprint density at radius 1 is 1.15 bits per heavy atom. The molecule has 9 heteroatoms. The third kappa shape index (κ3) is 3.01. The van der Waals surface area contributed by atoms with Gasteiger partial charge >= 0.3 is 0 Å². The fourth-order valence-corrected chi connectivity index (χ4v) is 3.50. The van der Waals surface area contributed by atoms with E-state index < -0.39 is 0 Å². The van der Waals surface area contributed by atoms with Crippen LogP contribution in [-0.2, 0) is 5.75 Å². The second-order valence-corrected chi connectivity index (χ2v) is 6.60. The van der Waals surface area contributed by atoms with Crippen molar-refractivity contribution >= 4 is 17.5 Å². The van der Waals surface area contributed by atoms with Gasteiger partial charge in [0, 0.05) is 11.4 Å². The highest BCUT2D eigenvalue weighted by Crippen LogP contribution is 2.28. The number of fused-ring (bicyclic) bond motifs is 1. The lowest BCUT2D eigenvalue weighted by atomic mass is 10.2. The number of rotatable bonds is 5. The minimum absolute atomic E-state index is 0.482. The van der Waals surface area contributed by atoms with Crippen LogP contribution in [-0.4, -0.2) is 36.8 Å². The maximum absolute atomic E-state index is 5.37. The Balaban J connectivity index is 1.56. The summed E-state index contributed by atoms with van der Waals surface area (Å²) in [7, 11) is 1.62. The van der Waals surface area contributed by atoms with Gasteiger partial charge in [0.2, 0.25) is 11.7 Å². The molecule has 1 aromatic carbocycles. The van der Waals surface area contributed by atoms with Crippen LogP contribution < -0.4 is 4.74 Å². The zero-order valence-corrected chi connectivity index (χ0v) is 15.3. The highest BCUT2D eigenvalue weighted by atomic mass is 32.2. The van der Waals surface area contributed by atoms with Crippen LogP contribution in [0.5, 0.6) is 5.75 Å². The number of hydrogen-bond donors (Lipinski definition) is 0. The summed E-state index contributed by atoms with van der Waals surface area (Å²) in [5.41, 5.74) is 2.73. The molecule has 0 saturated heterocycles. The lowest BCUT2D eigenvalue weighted by Crippen LogP contribution is -1.97. The van der Waals surface area contributed by atoms with E-state index in [1.807, 2.05) is 48.6 Å². The molecule has 0 amide bonds. The van der Waals surface area contributed by atoms with Crippen molar-refractivity contribution in [1.82, 2.24) is 29.7 Å². The molecular weight excluding hydrogens is 352 g/mol. The third-order valence-corrected chi connectivity index (χ3v) is 4.72. The Labute approximate surface area is 153 Å². The van der Waals surface area contributed by atoms with Gasteiger partial charge in [-0.1, -0.05) is 29.1 Å². The van der Waals surface area contributed by atoms with Crippen LogP contribution in [0, 0.1) is 13.8 Å². The first-order valence-corrected chi connectivity index (χ1v) is 8.92. The van der Waals surface area contributed by atoms with Gasteiger partial charge in [-0.3, -0.25) is 4.40 Å². The van der Waals surface area contributed by atoms with Crippen LogP contribution in [0.25, 0.3) is 17.2 Å². The number of aryl methyl sites for hydroxylation is 2. The third-order valence-electron chi connectivity index (χ3n) is 3.80. The van der Waals surface area contributed by atoms with E-state index in [0.717, 1.165) is 22.1 Å².